The molecule has 0 fully saturated rings. The lowest BCUT2D eigenvalue weighted by Gasteiger charge is -2.23. The van der Waals surface area contributed by atoms with Gasteiger partial charge in [0.1, 0.15) is 0 Å². The third-order valence-electron chi connectivity index (χ3n) is 4.21. The molecule has 1 N–H and O–H groups in total. The SMILES string of the molecule is CN=C(NCc1ccccc1COC)N1CCc2ccccc21. The monoisotopic (exact) mass is 309 g/mol. The van der Waals surface area contributed by atoms with E-state index in [0.717, 1.165) is 25.5 Å². The van der Waals surface area contributed by atoms with Crippen molar-refractivity contribution in [2.75, 3.05) is 25.6 Å². The van der Waals surface area contributed by atoms with Gasteiger partial charge >= 0.3 is 0 Å². The summed E-state index contributed by atoms with van der Waals surface area (Å²) in [6.07, 6.45) is 1.07. The molecule has 0 radical (unpaired) electrons. The number of fused-ring (bicyclic) bond motifs is 1. The molecular formula is C19H23N3O. The number of para-hydroxylation sites is 1. The van der Waals surface area contributed by atoms with Gasteiger partial charge in [-0.25, -0.2) is 0 Å². The maximum absolute atomic E-state index is 5.28. The molecule has 23 heavy (non-hydrogen) atoms. The minimum Gasteiger partial charge on any atom is -0.380 e. The molecule has 0 saturated carbocycles. The lowest BCUT2D eigenvalue weighted by Crippen LogP contribution is -2.40. The van der Waals surface area contributed by atoms with Crippen molar-refractivity contribution >= 4 is 11.6 Å². The van der Waals surface area contributed by atoms with Gasteiger partial charge in [-0.05, 0) is 29.2 Å². The van der Waals surface area contributed by atoms with Crippen LogP contribution < -0.4 is 10.2 Å². The van der Waals surface area contributed by atoms with Gasteiger partial charge in [-0.2, -0.15) is 0 Å². The second-order valence-electron chi connectivity index (χ2n) is 5.63. The van der Waals surface area contributed by atoms with Gasteiger partial charge < -0.3 is 15.0 Å². The van der Waals surface area contributed by atoms with Crippen molar-refractivity contribution in [2.45, 2.75) is 19.6 Å². The predicted molar refractivity (Wildman–Crippen MR) is 94.8 cm³/mol. The molecule has 0 atom stereocenters. The van der Waals surface area contributed by atoms with E-state index in [9.17, 15) is 0 Å². The minimum absolute atomic E-state index is 0.628. The minimum atomic E-state index is 0.628. The third kappa shape index (κ3) is 3.37. The van der Waals surface area contributed by atoms with Crippen molar-refractivity contribution in [1.82, 2.24) is 5.32 Å². The Labute approximate surface area is 137 Å². The van der Waals surface area contributed by atoms with E-state index in [0.29, 0.717) is 6.61 Å². The fourth-order valence-electron chi connectivity index (χ4n) is 3.05. The fourth-order valence-corrected chi connectivity index (χ4v) is 3.05. The van der Waals surface area contributed by atoms with Crippen molar-refractivity contribution in [3.63, 3.8) is 0 Å². The van der Waals surface area contributed by atoms with Gasteiger partial charge in [0.05, 0.1) is 6.61 Å². The molecule has 2 aromatic carbocycles. The molecule has 0 amide bonds. The molecule has 0 spiro atoms. The van der Waals surface area contributed by atoms with Crippen LogP contribution in [0.2, 0.25) is 0 Å². The Balaban J connectivity index is 1.73. The maximum atomic E-state index is 5.28. The number of ether oxygens (including phenoxy) is 1. The van der Waals surface area contributed by atoms with Gasteiger partial charge in [0, 0.05) is 32.9 Å². The number of hydrogen-bond acceptors (Lipinski definition) is 2. The molecule has 0 saturated heterocycles. The average Bonchev–Trinajstić information content (AvgIpc) is 3.01. The van der Waals surface area contributed by atoms with E-state index in [2.05, 4.69) is 57.7 Å². The van der Waals surface area contributed by atoms with Crippen LogP contribution in [0.3, 0.4) is 0 Å². The second kappa shape index (κ2) is 7.29. The number of nitrogens with one attached hydrogen (secondary N) is 1. The highest BCUT2D eigenvalue weighted by atomic mass is 16.5. The number of nitrogens with zero attached hydrogens (tertiary/aromatic N) is 2. The highest BCUT2D eigenvalue weighted by Gasteiger charge is 2.22. The highest BCUT2D eigenvalue weighted by molar-refractivity contribution is 5.97. The van der Waals surface area contributed by atoms with Crippen molar-refractivity contribution in [3.05, 3.63) is 65.2 Å². The molecule has 4 heteroatoms. The summed E-state index contributed by atoms with van der Waals surface area (Å²) >= 11 is 0. The Hall–Kier alpha value is -2.33. The first-order valence-corrected chi connectivity index (χ1v) is 7.95. The van der Waals surface area contributed by atoms with E-state index in [4.69, 9.17) is 4.74 Å². The number of benzene rings is 2. The molecule has 0 aromatic heterocycles. The largest absolute Gasteiger partial charge is 0.380 e. The fraction of sp³-hybridized carbons (Fsp3) is 0.316. The second-order valence-corrected chi connectivity index (χ2v) is 5.63. The van der Waals surface area contributed by atoms with Gasteiger partial charge in [-0.1, -0.05) is 42.5 Å². The maximum Gasteiger partial charge on any atom is 0.198 e. The summed E-state index contributed by atoms with van der Waals surface area (Å²) in [6, 6.07) is 16.9. The van der Waals surface area contributed by atoms with Crippen LogP contribution in [-0.4, -0.2) is 26.7 Å². The van der Waals surface area contributed by atoms with Gasteiger partial charge in [0.25, 0.3) is 0 Å². The molecule has 1 aliphatic heterocycles. The number of guanidine groups is 1. The molecule has 4 nitrogen and oxygen atoms in total. The van der Waals surface area contributed by atoms with E-state index < -0.39 is 0 Å². The first-order chi connectivity index (χ1) is 11.3. The Morgan fingerprint density at radius 2 is 1.87 bits per heavy atom. The topological polar surface area (TPSA) is 36.9 Å². The zero-order chi connectivity index (χ0) is 16.1. The van der Waals surface area contributed by atoms with Gasteiger partial charge in [-0.3, -0.25) is 4.99 Å². The van der Waals surface area contributed by atoms with Crippen LogP contribution in [0.1, 0.15) is 16.7 Å². The van der Waals surface area contributed by atoms with Crippen LogP contribution in [0.15, 0.2) is 53.5 Å². The van der Waals surface area contributed by atoms with Gasteiger partial charge in [-0.15, -0.1) is 0 Å². The van der Waals surface area contributed by atoms with Crippen molar-refractivity contribution in [3.8, 4) is 0 Å². The van der Waals surface area contributed by atoms with Crippen LogP contribution in [0.25, 0.3) is 0 Å². The van der Waals surface area contributed by atoms with Crippen molar-refractivity contribution in [2.24, 2.45) is 4.99 Å². The zero-order valence-corrected chi connectivity index (χ0v) is 13.7. The summed E-state index contributed by atoms with van der Waals surface area (Å²) in [5.74, 6) is 0.919. The summed E-state index contributed by atoms with van der Waals surface area (Å²) in [7, 11) is 3.56. The lowest BCUT2D eigenvalue weighted by molar-refractivity contribution is 0.184. The summed E-state index contributed by atoms with van der Waals surface area (Å²) in [4.78, 5) is 6.72. The van der Waals surface area contributed by atoms with Gasteiger partial charge in [0.15, 0.2) is 5.96 Å². The Morgan fingerprint density at radius 3 is 2.65 bits per heavy atom. The number of methoxy groups -OCH3 is 1. The Morgan fingerprint density at radius 1 is 1.13 bits per heavy atom. The average molecular weight is 309 g/mol. The standard InChI is InChI=1S/C19H23N3O/c1-20-19(22-12-11-15-7-5-6-10-18(15)22)21-13-16-8-3-4-9-17(16)14-23-2/h3-10H,11-14H2,1-2H3,(H,20,21). The summed E-state index contributed by atoms with van der Waals surface area (Å²) in [6.45, 7) is 2.34. The van der Waals surface area contributed by atoms with Crippen LogP contribution in [0.4, 0.5) is 5.69 Å². The summed E-state index contributed by atoms with van der Waals surface area (Å²) in [5, 5.41) is 3.49. The lowest BCUT2D eigenvalue weighted by atomic mass is 10.1. The van der Waals surface area contributed by atoms with E-state index in [1.807, 2.05) is 13.1 Å². The molecule has 1 aliphatic rings. The first kappa shape index (κ1) is 15.6. The summed E-state index contributed by atoms with van der Waals surface area (Å²) < 4.78 is 5.28. The number of anilines is 1. The Bertz CT molecular complexity index is 697. The molecule has 3 rings (SSSR count). The van der Waals surface area contributed by atoms with Crippen LogP contribution in [-0.2, 0) is 24.3 Å². The first-order valence-electron chi connectivity index (χ1n) is 7.95. The van der Waals surface area contributed by atoms with E-state index in [-0.39, 0.29) is 0 Å². The molecule has 1 heterocycles. The number of rotatable bonds is 4. The molecule has 0 bridgehead atoms. The smallest absolute Gasteiger partial charge is 0.198 e. The van der Waals surface area contributed by atoms with Crippen LogP contribution >= 0.6 is 0 Å². The van der Waals surface area contributed by atoms with Crippen molar-refractivity contribution in [1.29, 1.82) is 0 Å². The van der Waals surface area contributed by atoms with E-state index in [1.54, 1.807) is 7.11 Å². The third-order valence-corrected chi connectivity index (χ3v) is 4.21. The van der Waals surface area contributed by atoms with Crippen molar-refractivity contribution < 1.29 is 4.74 Å². The molecule has 120 valence electrons. The predicted octanol–water partition coefficient (Wildman–Crippen LogP) is 2.97. The summed E-state index contributed by atoms with van der Waals surface area (Å²) in [5.41, 5.74) is 5.09. The normalized spacial score (nSPS) is 14.0. The quantitative estimate of drug-likeness (QED) is 0.697. The zero-order valence-electron chi connectivity index (χ0n) is 13.7. The number of aliphatic imine (C=N–C) groups is 1. The number of hydrogen-bond donors (Lipinski definition) is 1. The molecule has 0 unspecified atom stereocenters. The molecular weight excluding hydrogens is 286 g/mol. The van der Waals surface area contributed by atoms with E-state index >= 15 is 0 Å². The molecule has 2 aromatic rings. The van der Waals surface area contributed by atoms with Crippen LogP contribution in [0.5, 0.6) is 0 Å². The highest BCUT2D eigenvalue weighted by Crippen LogP contribution is 2.27. The molecule has 0 aliphatic carbocycles. The Kier molecular flexibility index (Phi) is 4.93. The van der Waals surface area contributed by atoms with E-state index in [1.165, 1.54) is 22.4 Å². The van der Waals surface area contributed by atoms with Crippen LogP contribution in [0, 0.1) is 0 Å². The van der Waals surface area contributed by atoms with Gasteiger partial charge in [0.2, 0.25) is 0 Å².